The summed E-state index contributed by atoms with van der Waals surface area (Å²) in [5.41, 5.74) is 2.42. The van der Waals surface area contributed by atoms with Crippen LogP contribution >= 0.6 is 0 Å². The highest BCUT2D eigenvalue weighted by Gasteiger charge is 2.16. The number of benzene rings is 2. The van der Waals surface area contributed by atoms with Crippen molar-refractivity contribution in [1.82, 2.24) is 10.6 Å². The fourth-order valence-electron chi connectivity index (χ4n) is 2.95. The minimum atomic E-state index is -0.216. The molecule has 0 aromatic heterocycles. The predicted octanol–water partition coefficient (Wildman–Crippen LogP) is 1.57. The van der Waals surface area contributed by atoms with Crippen LogP contribution in [0.4, 0.5) is 5.69 Å². The van der Waals surface area contributed by atoms with Crippen molar-refractivity contribution in [2.45, 2.75) is 6.54 Å². The predicted molar refractivity (Wildman–Crippen MR) is 102 cm³/mol. The summed E-state index contributed by atoms with van der Waals surface area (Å²) in [5.74, 6) is 0.910. The second-order valence-electron chi connectivity index (χ2n) is 6.19. The summed E-state index contributed by atoms with van der Waals surface area (Å²) < 4.78 is 10.4. The molecule has 1 aliphatic rings. The van der Waals surface area contributed by atoms with Crippen molar-refractivity contribution in [3.63, 3.8) is 0 Å². The molecule has 1 aliphatic heterocycles. The third kappa shape index (κ3) is 4.49. The van der Waals surface area contributed by atoms with Crippen LogP contribution in [-0.2, 0) is 11.3 Å². The number of amides is 2. The van der Waals surface area contributed by atoms with E-state index in [1.54, 1.807) is 25.3 Å². The van der Waals surface area contributed by atoms with Gasteiger partial charge in [0.25, 0.3) is 5.91 Å². The summed E-state index contributed by atoms with van der Waals surface area (Å²) >= 11 is 0. The highest BCUT2D eigenvalue weighted by Crippen LogP contribution is 2.24. The number of hydrogen-bond donors (Lipinski definition) is 2. The van der Waals surface area contributed by atoms with Gasteiger partial charge < -0.3 is 25.0 Å². The molecule has 2 aromatic rings. The van der Waals surface area contributed by atoms with Crippen LogP contribution in [0.5, 0.6) is 11.5 Å². The summed E-state index contributed by atoms with van der Waals surface area (Å²) in [6.07, 6.45) is 0. The molecule has 0 aliphatic carbocycles. The molecule has 0 spiro atoms. The van der Waals surface area contributed by atoms with Gasteiger partial charge in [-0.25, -0.2) is 0 Å². The van der Waals surface area contributed by atoms with Gasteiger partial charge in [0.1, 0.15) is 11.5 Å². The summed E-state index contributed by atoms with van der Waals surface area (Å²) in [6, 6.07) is 12.9. The molecule has 27 heavy (non-hydrogen) atoms. The van der Waals surface area contributed by atoms with Gasteiger partial charge in [-0.2, -0.15) is 0 Å². The Morgan fingerprint density at radius 3 is 2.59 bits per heavy atom. The first-order chi connectivity index (χ1) is 13.1. The van der Waals surface area contributed by atoms with Crippen LogP contribution in [0.25, 0.3) is 0 Å². The maximum absolute atomic E-state index is 12.5. The molecular weight excluding hydrogens is 346 g/mol. The highest BCUT2D eigenvalue weighted by molar-refractivity contribution is 5.97. The van der Waals surface area contributed by atoms with Crippen molar-refractivity contribution < 1.29 is 19.1 Å². The van der Waals surface area contributed by atoms with Gasteiger partial charge in [0.05, 0.1) is 26.3 Å². The quantitative estimate of drug-likeness (QED) is 0.808. The number of carbonyl (C=O) groups is 2. The third-order valence-electron chi connectivity index (χ3n) is 4.45. The normalized spacial score (nSPS) is 13.7. The molecule has 2 aromatic carbocycles. The van der Waals surface area contributed by atoms with E-state index < -0.39 is 0 Å². The summed E-state index contributed by atoms with van der Waals surface area (Å²) in [7, 11) is 3.08. The second kappa shape index (κ2) is 8.44. The first-order valence-corrected chi connectivity index (χ1v) is 8.71. The molecular formula is C20H23N3O4. The highest BCUT2D eigenvalue weighted by atomic mass is 16.5. The van der Waals surface area contributed by atoms with Gasteiger partial charge in [0.15, 0.2) is 0 Å². The summed E-state index contributed by atoms with van der Waals surface area (Å²) in [6.45, 7) is 2.21. The van der Waals surface area contributed by atoms with E-state index in [1.165, 1.54) is 7.11 Å². The SMILES string of the molecule is COc1ccc(C(=O)NCc2ccc(N3CCNC(=O)C3)cc2)c(OC)c1. The number of hydrogen-bond acceptors (Lipinski definition) is 5. The van der Waals surface area contributed by atoms with E-state index in [4.69, 9.17) is 9.47 Å². The first kappa shape index (κ1) is 18.6. The molecule has 0 radical (unpaired) electrons. The fourth-order valence-corrected chi connectivity index (χ4v) is 2.95. The van der Waals surface area contributed by atoms with Crippen LogP contribution in [0.15, 0.2) is 42.5 Å². The monoisotopic (exact) mass is 369 g/mol. The number of nitrogens with one attached hydrogen (secondary N) is 2. The van der Waals surface area contributed by atoms with Crippen LogP contribution in [-0.4, -0.2) is 45.7 Å². The van der Waals surface area contributed by atoms with E-state index in [-0.39, 0.29) is 11.8 Å². The summed E-state index contributed by atoms with van der Waals surface area (Å²) in [4.78, 5) is 26.0. The Morgan fingerprint density at radius 2 is 1.93 bits per heavy atom. The van der Waals surface area contributed by atoms with Gasteiger partial charge >= 0.3 is 0 Å². The van der Waals surface area contributed by atoms with Crippen LogP contribution in [0.1, 0.15) is 15.9 Å². The zero-order valence-electron chi connectivity index (χ0n) is 15.5. The van der Waals surface area contributed by atoms with Crippen molar-refractivity contribution in [2.75, 3.05) is 38.8 Å². The molecule has 1 saturated heterocycles. The first-order valence-electron chi connectivity index (χ1n) is 8.71. The maximum Gasteiger partial charge on any atom is 0.255 e. The van der Waals surface area contributed by atoms with E-state index in [2.05, 4.69) is 10.6 Å². The van der Waals surface area contributed by atoms with Crippen LogP contribution < -0.4 is 25.0 Å². The zero-order chi connectivity index (χ0) is 19.2. The van der Waals surface area contributed by atoms with Gasteiger partial charge in [0, 0.05) is 31.4 Å². The lowest BCUT2D eigenvalue weighted by Gasteiger charge is -2.28. The average Bonchev–Trinajstić information content (AvgIpc) is 2.71. The zero-order valence-corrected chi connectivity index (χ0v) is 15.5. The molecule has 3 rings (SSSR count). The molecule has 2 amide bonds. The van der Waals surface area contributed by atoms with Crippen molar-refractivity contribution in [3.05, 3.63) is 53.6 Å². The van der Waals surface area contributed by atoms with E-state index in [0.717, 1.165) is 17.8 Å². The Kier molecular flexibility index (Phi) is 5.80. The number of rotatable bonds is 6. The van der Waals surface area contributed by atoms with Crippen molar-refractivity contribution in [1.29, 1.82) is 0 Å². The molecule has 0 unspecified atom stereocenters. The van der Waals surface area contributed by atoms with Gasteiger partial charge in [-0.1, -0.05) is 12.1 Å². The van der Waals surface area contributed by atoms with Crippen molar-refractivity contribution in [2.24, 2.45) is 0 Å². The minimum Gasteiger partial charge on any atom is -0.497 e. The summed E-state index contributed by atoms with van der Waals surface area (Å²) in [5, 5.41) is 5.71. The lowest BCUT2D eigenvalue weighted by molar-refractivity contribution is -0.120. The third-order valence-corrected chi connectivity index (χ3v) is 4.45. The molecule has 142 valence electrons. The Hall–Kier alpha value is -3.22. The average molecular weight is 369 g/mol. The van der Waals surface area contributed by atoms with Crippen LogP contribution in [0, 0.1) is 0 Å². The van der Waals surface area contributed by atoms with Gasteiger partial charge in [0.2, 0.25) is 5.91 Å². The van der Waals surface area contributed by atoms with E-state index in [9.17, 15) is 9.59 Å². The Bertz CT molecular complexity index is 820. The van der Waals surface area contributed by atoms with Gasteiger partial charge in [-0.15, -0.1) is 0 Å². The topological polar surface area (TPSA) is 79.9 Å². The second-order valence-corrected chi connectivity index (χ2v) is 6.19. The molecule has 0 bridgehead atoms. The van der Waals surface area contributed by atoms with Gasteiger partial charge in [-0.3, -0.25) is 9.59 Å². The number of carbonyl (C=O) groups excluding carboxylic acids is 2. The lowest BCUT2D eigenvalue weighted by atomic mass is 10.1. The smallest absolute Gasteiger partial charge is 0.255 e. The molecule has 7 heteroatoms. The Morgan fingerprint density at radius 1 is 1.15 bits per heavy atom. The number of ether oxygens (including phenoxy) is 2. The molecule has 1 fully saturated rings. The number of anilines is 1. The number of methoxy groups -OCH3 is 2. The Labute approximate surface area is 158 Å². The van der Waals surface area contributed by atoms with Crippen LogP contribution in [0.3, 0.4) is 0 Å². The minimum absolute atomic E-state index is 0.0334. The van der Waals surface area contributed by atoms with Crippen LogP contribution in [0.2, 0.25) is 0 Å². The standard InChI is InChI=1S/C20H23N3O4/c1-26-16-7-8-17(18(11-16)27-2)20(25)22-12-14-3-5-15(6-4-14)23-10-9-21-19(24)13-23/h3-8,11H,9-10,12-13H2,1-2H3,(H,21,24)(H,22,25). The number of nitrogens with zero attached hydrogens (tertiary/aromatic N) is 1. The molecule has 7 nitrogen and oxygen atoms in total. The van der Waals surface area contributed by atoms with E-state index >= 15 is 0 Å². The van der Waals surface area contributed by atoms with E-state index in [1.807, 2.05) is 29.2 Å². The molecule has 0 atom stereocenters. The number of piperazine rings is 1. The Balaban J connectivity index is 1.61. The largest absolute Gasteiger partial charge is 0.497 e. The fraction of sp³-hybridized carbons (Fsp3) is 0.300. The lowest BCUT2D eigenvalue weighted by Crippen LogP contribution is -2.47. The van der Waals surface area contributed by atoms with Crippen molar-refractivity contribution in [3.8, 4) is 11.5 Å². The molecule has 0 saturated carbocycles. The maximum atomic E-state index is 12.5. The van der Waals surface area contributed by atoms with Gasteiger partial charge in [-0.05, 0) is 29.8 Å². The molecule has 1 heterocycles. The molecule has 2 N–H and O–H groups in total. The van der Waals surface area contributed by atoms with E-state index in [0.29, 0.717) is 36.7 Å². The van der Waals surface area contributed by atoms with Crippen molar-refractivity contribution >= 4 is 17.5 Å².